The van der Waals surface area contributed by atoms with Crippen molar-refractivity contribution in [3.05, 3.63) is 72.3 Å². The first kappa shape index (κ1) is 18.7. The molecular weight excluding hydrogens is 340 g/mol. The van der Waals surface area contributed by atoms with E-state index >= 15 is 0 Å². The Balaban J connectivity index is 2.16. The molecule has 0 bridgehead atoms. The van der Waals surface area contributed by atoms with Crippen molar-refractivity contribution in [3.8, 4) is 5.75 Å². The van der Waals surface area contributed by atoms with Gasteiger partial charge in [0.05, 0.1) is 12.0 Å². The maximum absolute atomic E-state index is 12.5. The van der Waals surface area contributed by atoms with E-state index in [-0.39, 0.29) is 22.9 Å². The van der Waals surface area contributed by atoms with Crippen molar-refractivity contribution in [3.63, 3.8) is 0 Å². The molecule has 0 atom stereocenters. The van der Waals surface area contributed by atoms with Crippen LogP contribution in [0.4, 0.5) is 0 Å². The summed E-state index contributed by atoms with van der Waals surface area (Å²) in [7, 11) is -2.24. The van der Waals surface area contributed by atoms with E-state index in [1.165, 1.54) is 25.3 Å². The van der Waals surface area contributed by atoms with Gasteiger partial charge in [0.25, 0.3) is 5.91 Å². The Hall–Kier alpha value is -2.64. The predicted octanol–water partition coefficient (Wildman–Crippen LogP) is 2.09. The van der Waals surface area contributed by atoms with Crippen LogP contribution in [-0.2, 0) is 16.6 Å². The molecule has 1 amide bonds. The molecule has 0 aliphatic carbocycles. The number of sulfonamides is 1. The number of amides is 1. The second-order valence-electron chi connectivity index (χ2n) is 5.16. The highest BCUT2D eigenvalue weighted by Gasteiger charge is 2.16. The van der Waals surface area contributed by atoms with Gasteiger partial charge in [-0.25, -0.2) is 13.1 Å². The molecule has 0 saturated carbocycles. The van der Waals surface area contributed by atoms with Crippen LogP contribution in [0.5, 0.6) is 5.75 Å². The van der Waals surface area contributed by atoms with Crippen LogP contribution in [0.2, 0.25) is 0 Å². The average Bonchev–Trinajstić information content (AvgIpc) is 2.64. The van der Waals surface area contributed by atoms with Crippen LogP contribution in [0, 0.1) is 0 Å². The van der Waals surface area contributed by atoms with E-state index in [1.54, 1.807) is 30.3 Å². The number of carbonyl (C=O) groups excluding carboxylic acids is 1. The van der Waals surface area contributed by atoms with Gasteiger partial charge in [0.1, 0.15) is 5.75 Å². The number of rotatable bonds is 8. The number of para-hydroxylation sites is 1. The van der Waals surface area contributed by atoms with E-state index < -0.39 is 10.0 Å². The fraction of sp³-hybridized carbons (Fsp3) is 0.167. The van der Waals surface area contributed by atoms with Gasteiger partial charge in [0.15, 0.2) is 0 Å². The molecule has 2 aromatic carbocycles. The number of carbonyl (C=O) groups is 1. The van der Waals surface area contributed by atoms with Gasteiger partial charge in [-0.2, -0.15) is 0 Å². The van der Waals surface area contributed by atoms with Gasteiger partial charge < -0.3 is 10.1 Å². The van der Waals surface area contributed by atoms with E-state index in [0.717, 1.165) is 0 Å². The lowest BCUT2D eigenvalue weighted by molar-refractivity contribution is 0.0958. The number of hydrogen-bond acceptors (Lipinski definition) is 4. The molecule has 0 unspecified atom stereocenters. The first-order valence-corrected chi connectivity index (χ1v) is 9.07. The van der Waals surface area contributed by atoms with Crippen molar-refractivity contribution in [1.82, 2.24) is 10.0 Å². The molecule has 0 fully saturated rings. The highest BCUT2D eigenvalue weighted by atomic mass is 32.2. The second kappa shape index (κ2) is 8.46. The lowest BCUT2D eigenvalue weighted by atomic mass is 10.2. The smallest absolute Gasteiger partial charge is 0.251 e. The molecule has 0 radical (unpaired) electrons. The molecule has 0 heterocycles. The Kier molecular flexibility index (Phi) is 6.32. The van der Waals surface area contributed by atoms with Crippen LogP contribution >= 0.6 is 0 Å². The van der Waals surface area contributed by atoms with Crippen LogP contribution in [0.1, 0.15) is 15.9 Å². The zero-order valence-electron chi connectivity index (χ0n) is 13.9. The third kappa shape index (κ3) is 4.91. The minimum Gasteiger partial charge on any atom is -0.496 e. The van der Waals surface area contributed by atoms with E-state index in [9.17, 15) is 13.2 Å². The van der Waals surface area contributed by atoms with Crippen LogP contribution < -0.4 is 14.8 Å². The quantitative estimate of drug-likeness (QED) is 0.706. The maximum Gasteiger partial charge on any atom is 0.251 e. The standard InChI is InChI=1S/C18H20N2O4S/c1-3-11-19-18(21)14-8-6-9-16(12-14)25(22,23)20-13-15-7-4-5-10-17(15)24-2/h3-10,12,20H,1,11,13H2,2H3,(H,19,21). The highest BCUT2D eigenvalue weighted by molar-refractivity contribution is 7.89. The van der Waals surface area contributed by atoms with Crippen LogP contribution in [0.25, 0.3) is 0 Å². The average molecular weight is 360 g/mol. The number of benzene rings is 2. The van der Waals surface area contributed by atoms with E-state index in [4.69, 9.17) is 4.74 Å². The van der Waals surface area contributed by atoms with Gasteiger partial charge in [0.2, 0.25) is 10.0 Å². The summed E-state index contributed by atoms with van der Waals surface area (Å²) in [6.07, 6.45) is 1.55. The summed E-state index contributed by atoms with van der Waals surface area (Å²) in [5, 5.41) is 2.61. The second-order valence-corrected chi connectivity index (χ2v) is 6.93. The van der Waals surface area contributed by atoms with Crippen LogP contribution in [-0.4, -0.2) is 28.0 Å². The van der Waals surface area contributed by atoms with Crippen molar-refractivity contribution < 1.29 is 17.9 Å². The Bertz CT molecular complexity index is 863. The van der Waals surface area contributed by atoms with E-state index in [0.29, 0.717) is 17.9 Å². The molecule has 2 aromatic rings. The molecule has 2 N–H and O–H groups in total. The third-order valence-corrected chi connectivity index (χ3v) is 4.86. The molecule has 132 valence electrons. The van der Waals surface area contributed by atoms with Gasteiger partial charge in [-0.05, 0) is 24.3 Å². The monoisotopic (exact) mass is 360 g/mol. The minimum absolute atomic E-state index is 0.0219. The summed E-state index contributed by atoms with van der Waals surface area (Å²) in [4.78, 5) is 12.0. The summed E-state index contributed by atoms with van der Waals surface area (Å²) in [6.45, 7) is 3.91. The molecule has 25 heavy (non-hydrogen) atoms. The van der Waals surface area contributed by atoms with Gasteiger partial charge in [-0.3, -0.25) is 4.79 Å². The summed E-state index contributed by atoms with van der Waals surface area (Å²) in [5.74, 6) is 0.240. The molecule has 0 saturated heterocycles. The first-order chi connectivity index (χ1) is 12.0. The first-order valence-electron chi connectivity index (χ1n) is 7.58. The fourth-order valence-electron chi connectivity index (χ4n) is 2.18. The SMILES string of the molecule is C=CCNC(=O)c1cccc(S(=O)(=O)NCc2ccccc2OC)c1. The van der Waals surface area contributed by atoms with Crippen molar-refractivity contribution in [2.75, 3.05) is 13.7 Å². The predicted molar refractivity (Wildman–Crippen MR) is 96.0 cm³/mol. The molecule has 2 rings (SSSR count). The third-order valence-electron chi connectivity index (χ3n) is 3.46. The normalized spacial score (nSPS) is 10.9. The molecule has 0 aromatic heterocycles. The summed E-state index contributed by atoms with van der Waals surface area (Å²) in [5.41, 5.74) is 0.982. The molecule has 7 heteroatoms. The zero-order valence-corrected chi connectivity index (χ0v) is 14.7. The Labute approximate surface area is 147 Å². The highest BCUT2D eigenvalue weighted by Crippen LogP contribution is 2.18. The molecule has 0 aliphatic heterocycles. The number of methoxy groups -OCH3 is 1. The van der Waals surface area contributed by atoms with Gasteiger partial charge in [0, 0.05) is 24.2 Å². The topological polar surface area (TPSA) is 84.5 Å². The van der Waals surface area contributed by atoms with Gasteiger partial charge >= 0.3 is 0 Å². The molecule has 6 nitrogen and oxygen atoms in total. The molecular formula is C18H20N2O4S. The van der Waals surface area contributed by atoms with Crippen LogP contribution in [0.3, 0.4) is 0 Å². The van der Waals surface area contributed by atoms with Crippen molar-refractivity contribution in [1.29, 1.82) is 0 Å². The Morgan fingerprint density at radius 1 is 1.20 bits per heavy atom. The zero-order chi connectivity index (χ0) is 18.3. The number of ether oxygens (including phenoxy) is 1. The minimum atomic E-state index is -3.77. The van der Waals surface area contributed by atoms with Crippen LogP contribution in [0.15, 0.2) is 66.1 Å². The van der Waals surface area contributed by atoms with Crippen molar-refractivity contribution in [2.24, 2.45) is 0 Å². The van der Waals surface area contributed by atoms with Gasteiger partial charge in [-0.1, -0.05) is 30.3 Å². The van der Waals surface area contributed by atoms with E-state index in [1.807, 2.05) is 6.07 Å². The maximum atomic E-state index is 12.5. The molecule has 0 spiro atoms. The van der Waals surface area contributed by atoms with Gasteiger partial charge in [-0.15, -0.1) is 6.58 Å². The van der Waals surface area contributed by atoms with Crippen molar-refractivity contribution >= 4 is 15.9 Å². The summed E-state index contributed by atoms with van der Waals surface area (Å²) in [6, 6.07) is 13.0. The number of hydrogen-bond donors (Lipinski definition) is 2. The summed E-state index contributed by atoms with van der Waals surface area (Å²) >= 11 is 0. The fourth-order valence-corrected chi connectivity index (χ4v) is 3.23. The summed E-state index contributed by atoms with van der Waals surface area (Å²) < 4.78 is 32.7. The van der Waals surface area contributed by atoms with E-state index in [2.05, 4.69) is 16.6 Å². The van der Waals surface area contributed by atoms with Crippen molar-refractivity contribution in [2.45, 2.75) is 11.4 Å². The lowest BCUT2D eigenvalue weighted by Crippen LogP contribution is -2.25. The Morgan fingerprint density at radius 3 is 2.68 bits per heavy atom. The Morgan fingerprint density at radius 2 is 1.96 bits per heavy atom. The number of nitrogens with one attached hydrogen (secondary N) is 2. The lowest BCUT2D eigenvalue weighted by Gasteiger charge is -2.11. The largest absolute Gasteiger partial charge is 0.496 e. The molecule has 0 aliphatic rings.